The summed E-state index contributed by atoms with van der Waals surface area (Å²) in [6, 6.07) is 16.2. The number of hydrogen-bond donors (Lipinski definition) is 4. The number of carbonyl (C=O) groups excluding carboxylic acids is 1. The Morgan fingerprint density at radius 1 is 0.676 bits per heavy atom. The van der Waals surface area contributed by atoms with Crippen molar-refractivity contribution in [3.63, 3.8) is 0 Å². The van der Waals surface area contributed by atoms with Crippen molar-refractivity contribution in [1.29, 1.82) is 0 Å². The van der Waals surface area contributed by atoms with Gasteiger partial charge in [-0.3, -0.25) is 4.79 Å². The van der Waals surface area contributed by atoms with Crippen LogP contribution in [-0.4, -0.2) is 50.6 Å². The summed E-state index contributed by atoms with van der Waals surface area (Å²) < 4.78 is 0. The van der Waals surface area contributed by atoms with Gasteiger partial charge in [0.05, 0.1) is 0 Å². The van der Waals surface area contributed by atoms with E-state index in [1.807, 2.05) is 36.4 Å². The van der Waals surface area contributed by atoms with Crippen molar-refractivity contribution in [2.45, 2.75) is 87.2 Å². The van der Waals surface area contributed by atoms with E-state index in [1.54, 1.807) is 0 Å². The minimum Gasteiger partial charge on any atom is -0.396 e. The summed E-state index contributed by atoms with van der Waals surface area (Å²) in [5, 5.41) is 41.4. The first-order valence-electron chi connectivity index (χ1n) is 12.8. The number of benzene rings is 2. The summed E-state index contributed by atoms with van der Waals surface area (Å²) in [7, 11) is 0. The second-order valence-electron chi connectivity index (χ2n) is 10.3. The summed E-state index contributed by atoms with van der Waals surface area (Å²) in [4.78, 5) is 13.5. The first kappa shape index (κ1) is 25.1. The zero-order valence-corrected chi connectivity index (χ0v) is 20.0. The Morgan fingerprint density at radius 2 is 1.03 bits per heavy atom. The van der Waals surface area contributed by atoms with Gasteiger partial charge in [-0.25, -0.2) is 0 Å². The van der Waals surface area contributed by atoms with Gasteiger partial charge in [0.15, 0.2) is 5.78 Å². The van der Waals surface area contributed by atoms with Crippen molar-refractivity contribution >= 4 is 5.78 Å². The second kappa shape index (κ2) is 10.7. The zero-order valence-electron chi connectivity index (χ0n) is 20.0. The van der Waals surface area contributed by atoms with Crippen molar-refractivity contribution < 1.29 is 25.2 Å². The third kappa shape index (κ3) is 5.13. The van der Waals surface area contributed by atoms with Crippen LogP contribution in [0.4, 0.5) is 0 Å². The van der Waals surface area contributed by atoms with Gasteiger partial charge in [-0.15, -0.1) is 0 Å². The number of aliphatic hydroxyl groups excluding tert-OH is 2. The van der Waals surface area contributed by atoms with Crippen molar-refractivity contribution in [3.8, 4) is 0 Å². The SMILES string of the molecule is O=C(C1(O)CCC(c2ccccc2CCO)CC1)C1(O)CCC(c2ccccc2CCO)CC1. The van der Waals surface area contributed by atoms with Gasteiger partial charge >= 0.3 is 0 Å². The molecule has 0 amide bonds. The molecule has 0 spiro atoms. The Hall–Kier alpha value is -2.05. The molecule has 5 heteroatoms. The Morgan fingerprint density at radius 3 is 1.38 bits per heavy atom. The molecule has 2 aromatic rings. The van der Waals surface area contributed by atoms with Crippen molar-refractivity contribution in [2.24, 2.45) is 0 Å². The quantitative estimate of drug-likeness (QED) is 0.474. The molecule has 0 atom stereocenters. The molecule has 0 aromatic heterocycles. The molecule has 0 aliphatic heterocycles. The molecule has 0 bridgehead atoms. The van der Waals surface area contributed by atoms with Crippen LogP contribution in [0.1, 0.15) is 85.5 Å². The highest BCUT2D eigenvalue weighted by Crippen LogP contribution is 2.45. The fraction of sp³-hybridized carbons (Fsp3) is 0.552. The number of ketones is 1. The smallest absolute Gasteiger partial charge is 0.195 e. The zero-order chi connectivity index (χ0) is 24.2. The maximum absolute atomic E-state index is 13.5. The van der Waals surface area contributed by atoms with Crippen molar-refractivity contribution in [2.75, 3.05) is 13.2 Å². The van der Waals surface area contributed by atoms with E-state index in [4.69, 9.17) is 0 Å². The largest absolute Gasteiger partial charge is 0.396 e. The predicted molar refractivity (Wildman–Crippen MR) is 132 cm³/mol. The van der Waals surface area contributed by atoms with Gasteiger partial charge in [-0.1, -0.05) is 48.5 Å². The van der Waals surface area contributed by atoms with Crippen LogP contribution in [0.3, 0.4) is 0 Å². The molecular weight excluding hydrogens is 428 g/mol. The molecule has 4 N–H and O–H groups in total. The summed E-state index contributed by atoms with van der Waals surface area (Å²) >= 11 is 0. The van der Waals surface area contributed by atoms with E-state index in [-0.39, 0.29) is 25.0 Å². The molecule has 0 radical (unpaired) electrons. The minimum absolute atomic E-state index is 0.102. The highest BCUT2D eigenvalue weighted by atomic mass is 16.3. The van der Waals surface area contributed by atoms with Crippen LogP contribution in [0.2, 0.25) is 0 Å². The molecule has 0 unspecified atom stereocenters. The van der Waals surface area contributed by atoms with Crippen molar-refractivity contribution in [3.05, 3.63) is 70.8 Å². The average molecular weight is 467 g/mol. The standard InChI is InChI=1S/C29H38O5/c30-19-13-21-5-1-3-7-25(21)23-9-15-28(33,16-10-23)27(32)29(34)17-11-24(12-18-29)26-8-4-2-6-22(26)14-20-31/h1-8,23-24,30-31,33-34H,9-20H2. The predicted octanol–water partition coefficient (Wildman–Crippen LogP) is 3.80. The van der Waals surface area contributed by atoms with Gasteiger partial charge < -0.3 is 20.4 Å². The first-order valence-corrected chi connectivity index (χ1v) is 12.8. The summed E-state index contributed by atoms with van der Waals surface area (Å²) in [6.45, 7) is 0.204. The monoisotopic (exact) mass is 466 g/mol. The van der Waals surface area contributed by atoms with Gasteiger partial charge in [0.1, 0.15) is 11.2 Å². The lowest BCUT2D eigenvalue weighted by Gasteiger charge is -2.43. The lowest BCUT2D eigenvalue weighted by atomic mass is 9.66. The van der Waals surface area contributed by atoms with Crippen LogP contribution in [-0.2, 0) is 17.6 Å². The fourth-order valence-electron chi connectivity index (χ4n) is 6.26. The molecule has 5 nitrogen and oxygen atoms in total. The number of hydrogen-bond acceptors (Lipinski definition) is 5. The molecular formula is C29H38O5. The van der Waals surface area contributed by atoms with Crippen molar-refractivity contribution in [1.82, 2.24) is 0 Å². The number of aliphatic hydroxyl groups is 4. The number of rotatable bonds is 8. The van der Waals surface area contributed by atoms with Crippen LogP contribution >= 0.6 is 0 Å². The molecule has 4 rings (SSSR count). The summed E-state index contributed by atoms with van der Waals surface area (Å²) in [5.74, 6) is 0.109. The Kier molecular flexibility index (Phi) is 7.88. The highest BCUT2D eigenvalue weighted by Gasteiger charge is 2.51. The van der Waals surface area contributed by atoms with E-state index in [0.29, 0.717) is 64.2 Å². The van der Waals surface area contributed by atoms with Gasteiger partial charge in [0.25, 0.3) is 0 Å². The molecule has 34 heavy (non-hydrogen) atoms. The van der Waals surface area contributed by atoms with Crippen LogP contribution in [0.15, 0.2) is 48.5 Å². The molecule has 2 saturated carbocycles. The molecule has 184 valence electrons. The highest BCUT2D eigenvalue weighted by molar-refractivity contribution is 5.94. The van der Waals surface area contributed by atoms with Gasteiger partial charge in [-0.2, -0.15) is 0 Å². The van der Waals surface area contributed by atoms with Gasteiger partial charge in [0, 0.05) is 13.2 Å². The average Bonchev–Trinajstić information content (AvgIpc) is 2.86. The number of carbonyl (C=O) groups is 1. The lowest BCUT2D eigenvalue weighted by Crippen LogP contribution is -2.55. The second-order valence-corrected chi connectivity index (χ2v) is 10.3. The molecule has 0 heterocycles. The van der Waals surface area contributed by atoms with Crippen LogP contribution in [0.25, 0.3) is 0 Å². The molecule has 2 fully saturated rings. The normalized spacial score (nSPS) is 29.6. The minimum atomic E-state index is -1.47. The van der Waals surface area contributed by atoms with E-state index in [0.717, 1.165) is 11.1 Å². The fourth-order valence-corrected chi connectivity index (χ4v) is 6.26. The summed E-state index contributed by atoms with van der Waals surface area (Å²) in [5.41, 5.74) is 1.71. The molecule has 0 saturated heterocycles. The molecule has 2 aromatic carbocycles. The van der Waals surface area contributed by atoms with Crippen LogP contribution < -0.4 is 0 Å². The number of Topliss-reactive ketones (excluding diaryl/α,β-unsaturated/α-hetero) is 1. The third-order valence-electron chi connectivity index (χ3n) is 8.22. The van der Waals surface area contributed by atoms with E-state index in [9.17, 15) is 25.2 Å². The van der Waals surface area contributed by atoms with E-state index < -0.39 is 17.0 Å². The third-order valence-corrected chi connectivity index (χ3v) is 8.22. The van der Waals surface area contributed by atoms with Crippen LogP contribution in [0.5, 0.6) is 0 Å². The van der Waals surface area contributed by atoms with Crippen LogP contribution in [0, 0.1) is 0 Å². The first-order chi connectivity index (χ1) is 16.4. The Bertz CT molecular complexity index is 890. The summed E-state index contributed by atoms with van der Waals surface area (Å²) in [6.07, 6.45) is 5.41. The maximum Gasteiger partial charge on any atom is 0.195 e. The Labute approximate surface area is 202 Å². The lowest BCUT2D eigenvalue weighted by molar-refractivity contribution is -0.164. The topological polar surface area (TPSA) is 98.0 Å². The van der Waals surface area contributed by atoms with Gasteiger partial charge in [-0.05, 0) is 98.3 Å². The van der Waals surface area contributed by atoms with E-state index in [1.165, 1.54) is 11.1 Å². The molecule has 2 aliphatic rings. The van der Waals surface area contributed by atoms with Gasteiger partial charge in [0.2, 0.25) is 0 Å². The maximum atomic E-state index is 13.5. The molecule has 2 aliphatic carbocycles. The Balaban J connectivity index is 1.40. The van der Waals surface area contributed by atoms with E-state index >= 15 is 0 Å². The van der Waals surface area contributed by atoms with E-state index in [2.05, 4.69) is 12.1 Å².